The third-order valence-electron chi connectivity index (χ3n) is 4.12. The number of fused-ring (bicyclic) bond motifs is 1. The monoisotopic (exact) mass is 212 g/mol. The molecule has 1 aliphatic heterocycles. The highest BCUT2D eigenvalue weighted by molar-refractivity contribution is 4.84. The van der Waals surface area contributed by atoms with Gasteiger partial charge in [0.25, 0.3) is 0 Å². The molecule has 1 saturated carbocycles. The van der Waals surface area contributed by atoms with E-state index in [4.69, 9.17) is 5.73 Å². The van der Waals surface area contributed by atoms with Crippen LogP contribution >= 0.6 is 0 Å². The summed E-state index contributed by atoms with van der Waals surface area (Å²) in [6, 6.07) is 0. The molecule has 0 bridgehead atoms. The molecule has 1 aliphatic carbocycles. The zero-order valence-electron chi connectivity index (χ0n) is 9.57. The molecule has 88 valence electrons. The number of nitrogens with two attached hydrogens (primary N) is 1. The second kappa shape index (κ2) is 5.28. The number of hydrogen-bond donors (Lipinski definition) is 2. The Hall–Kier alpha value is -0.120. The Morgan fingerprint density at radius 1 is 1.20 bits per heavy atom. The van der Waals surface area contributed by atoms with Crippen molar-refractivity contribution in [3.8, 4) is 0 Å². The van der Waals surface area contributed by atoms with Crippen molar-refractivity contribution in [2.24, 2.45) is 17.6 Å². The molecular formula is C12H24N2O. The van der Waals surface area contributed by atoms with Gasteiger partial charge in [0.15, 0.2) is 0 Å². The summed E-state index contributed by atoms with van der Waals surface area (Å²) in [6.07, 6.45) is 6.70. The van der Waals surface area contributed by atoms with E-state index in [9.17, 15) is 5.11 Å². The van der Waals surface area contributed by atoms with Crippen LogP contribution in [0.5, 0.6) is 0 Å². The van der Waals surface area contributed by atoms with E-state index in [1.165, 1.54) is 38.6 Å². The van der Waals surface area contributed by atoms with Gasteiger partial charge in [-0.2, -0.15) is 0 Å². The molecule has 2 fully saturated rings. The lowest BCUT2D eigenvalue weighted by Crippen LogP contribution is -2.46. The van der Waals surface area contributed by atoms with Gasteiger partial charge in [-0.25, -0.2) is 0 Å². The average Bonchev–Trinajstić information content (AvgIpc) is 2.29. The second-order valence-electron chi connectivity index (χ2n) is 5.24. The molecular weight excluding hydrogens is 188 g/mol. The van der Waals surface area contributed by atoms with Crippen LogP contribution in [0, 0.1) is 11.8 Å². The molecule has 0 radical (unpaired) electrons. The highest BCUT2D eigenvalue weighted by atomic mass is 16.3. The Balaban J connectivity index is 1.80. The fourth-order valence-corrected chi connectivity index (χ4v) is 3.21. The minimum absolute atomic E-state index is 0.329. The van der Waals surface area contributed by atoms with Crippen LogP contribution in [0.3, 0.4) is 0 Å². The summed E-state index contributed by atoms with van der Waals surface area (Å²) in [5, 5.41) is 9.54. The first kappa shape index (κ1) is 11.4. The summed E-state index contributed by atoms with van der Waals surface area (Å²) in [6.45, 7) is 3.53. The first-order valence-electron chi connectivity index (χ1n) is 6.40. The maximum atomic E-state index is 9.54. The van der Waals surface area contributed by atoms with Gasteiger partial charge in [0.2, 0.25) is 0 Å². The van der Waals surface area contributed by atoms with E-state index in [-0.39, 0.29) is 6.10 Å². The molecule has 0 aromatic rings. The quantitative estimate of drug-likeness (QED) is 0.728. The van der Waals surface area contributed by atoms with Gasteiger partial charge in [-0.15, -0.1) is 0 Å². The molecule has 0 aromatic heterocycles. The van der Waals surface area contributed by atoms with Gasteiger partial charge in [0.1, 0.15) is 0 Å². The fourth-order valence-electron chi connectivity index (χ4n) is 3.21. The Bertz CT molecular complexity index is 198. The average molecular weight is 212 g/mol. The zero-order chi connectivity index (χ0) is 10.7. The highest BCUT2D eigenvalue weighted by Gasteiger charge is 2.31. The van der Waals surface area contributed by atoms with Gasteiger partial charge in [0.05, 0.1) is 6.10 Å². The van der Waals surface area contributed by atoms with Crippen molar-refractivity contribution in [3.05, 3.63) is 0 Å². The summed E-state index contributed by atoms with van der Waals surface area (Å²) in [5.74, 6) is 1.88. The molecule has 2 unspecified atom stereocenters. The molecule has 3 nitrogen and oxygen atoms in total. The van der Waals surface area contributed by atoms with E-state index >= 15 is 0 Å². The number of nitrogens with zero attached hydrogens (tertiary/aromatic N) is 1. The molecule has 0 aromatic carbocycles. The van der Waals surface area contributed by atoms with Gasteiger partial charge >= 0.3 is 0 Å². The first-order chi connectivity index (χ1) is 7.29. The van der Waals surface area contributed by atoms with Crippen molar-refractivity contribution < 1.29 is 5.11 Å². The summed E-state index contributed by atoms with van der Waals surface area (Å²) in [4.78, 5) is 2.41. The Morgan fingerprint density at radius 2 is 1.93 bits per heavy atom. The van der Waals surface area contributed by atoms with Crippen molar-refractivity contribution in [2.45, 2.75) is 38.2 Å². The number of hydrogen-bond acceptors (Lipinski definition) is 3. The predicted molar refractivity (Wildman–Crippen MR) is 61.6 cm³/mol. The number of piperidine rings is 1. The van der Waals surface area contributed by atoms with Crippen LogP contribution < -0.4 is 5.73 Å². The molecule has 0 spiro atoms. The third kappa shape index (κ3) is 2.92. The van der Waals surface area contributed by atoms with E-state index in [0.29, 0.717) is 6.54 Å². The summed E-state index contributed by atoms with van der Waals surface area (Å²) >= 11 is 0. The lowest BCUT2D eigenvalue weighted by Gasteiger charge is -2.41. The van der Waals surface area contributed by atoms with Crippen LogP contribution in [0.1, 0.15) is 32.1 Å². The summed E-state index contributed by atoms with van der Waals surface area (Å²) in [5.41, 5.74) is 5.44. The van der Waals surface area contributed by atoms with Gasteiger partial charge < -0.3 is 15.7 Å². The molecule has 0 amide bonds. The van der Waals surface area contributed by atoms with Gasteiger partial charge in [-0.3, -0.25) is 0 Å². The maximum absolute atomic E-state index is 9.54. The largest absolute Gasteiger partial charge is 0.390 e. The Morgan fingerprint density at radius 3 is 2.67 bits per heavy atom. The molecule has 1 heterocycles. The Labute approximate surface area is 92.6 Å². The van der Waals surface area contributed by atoms with Crippen LogP contribution in [-0.2, 0) is 0 Å². The van der Waals surface area contributed by atoms with Crippen molar-refractivity contribution in [1.82, 2.24) is 4.90 Å². The molecule has 2 aliphatic rings. The van der Waals surface area contributed by atoms with E-state index < -0.39 is 0 Å². The molecule has 1 saturated heterocycles. The number of rotatable bonds is 3. The van der Waals surface area contributed by atoms with Crippen LogP contribution in [0.2, 0.25) is 0 Å². The minimum Gasteiger partial charge on any atom is -0.390 e. The molecule has 2 rings (SSSR count). The van der Waals surface area contributed by atoms with Crippen LogP contribution in [0.4, 0.5) is 0 Å². The fraction of sp³-hybridized carbons (Fsp3) is 1.00. The van der Waals surface area contributed by atoms with Crippen molar-refractivity contribution in [1.29, 1.82) is 0 Å². The third-order valence-corrected chi connectivity index (χ3v) is 4.12. The summed E-state index contributed by atoms with van der Waals surface area (Å²) < 4.78 is 0. The molecule has 3 atom stereocenters. The van der Waals surface area contributed by atoms with Gasteiger partial charge in [0, 0.05) is 19.6 Å². The van der Waals surface area contributed by atoms with E-state index in [1.807, 2.05) is 0 Å². The normalized spacial score (nSPS) is 34.8. The Kier molecular flexibility index (Phi) is 4.00. The van der Waals surface area contributed by atoms with Crippen molar-refractivity contribution in [3.63, 3.8) is 0 Å². The number of β-amino-alcohol motifs (C(OH)–C–C–N with tert-alkyl or cyclic N) is 1. The van der Waals surface area contributed by atoms with E-state index in [1.54, 1.807) is 0 Å². The lowest BCUT2D eigenvalue weighted by molar-refractivity contribution is 0.0491. The zero-order valence-corrected chi connectivity index (χ0v) is 9.57. The number of aliphatic hydroxyl groups is 1. The predicted octanol–water partition coefficient (Wildman–Crippen LogP) is 0.818. The van der Waals surface area contributed by atoms with Crippen LogP contribution in [0.25, 0.3) is 0 Å². The van der Waals surface area contributed by atoms with Crippen molar-refractivity contribution in [2.75, 3.05) is 26.2 Å². The molecule has 3 N–H and O–H groups in total. The SMILES string of the molecule is NC[C@H](O)CN1CCC2CCCCC2C1. The first-order valence-corrected chi connectivity index (χ1v) is 6.40. The van der Waals surface area contributed by atoms with Crippen LogP contribution in [0.15, 0.2) is 0 Å². The standard InChI is InChI=1S/C12H24N2O/c13-7-12(15)9-14-6-5-10-3-1-2-4-11(10)8-14/h10-12,15H,1-9,13H2/t10?,11?,12-/m0/s1. The van der Waals surface area contributed by atoms with E-state index in [2.05, 4.69) is 4.90 Å². The summed E-state index contributed by atoms with van der Waals surface area (Å²) in [7, 11) is 0. The maximum Gasteiger partial charge on any atom is 0.0789 e. The van der Waals surface area contributed by atoms with Gasteiger partial charge in [-0.1, -0.05) is 19.3 Å². The number of likely N-dealkylation sites (tertiary alicyclic amines) is 1. The second-order valence-corrected chi connectivity index (χ2v) is 5.24. The van der Waals surface area contributed by atoms with E-state index in [0.717, 1.165) is 24.9 Å². The van der Waals surface area contributed by atoms with Crippen LogP contribution in [-0.4, -0.2) is 42.3 Å². The smallest absolute Gasteiger partial charge is 0.0789 e. The molecule has 15 heavy (non-hydrogen) atoms. The number of aliphatic hydroxyl groups excluding tert-OH is 1. The topological polar surface area (TPSA) is 49.5 Å². The minimum atomic E-state index is -0.329. The lowest BCUT2D eigenvalue weighted by atomic mass is 9.75. The van der Waals surface area contributed by atoms with Crippen molar-refractivity contribution >= 4 is 0 Å². The molecule has 3 heteroatoms. The van der Waals surface area contributed by atoms with Gasteiger partial charge in [-0.05, 0) is 31.2 Å². The highest BCUT2D eigenvalue weighted by Crippen LogP contribution is 2.35.